The van der Waals surface area contributed by atoms with Gasteiger partial charge in [-0.1, -0.05) is 30.3 Å². The maximum Gasteiger partial charge on any atom is 0.408 e. The predicted octanol–water partition coefficient (Wildman–Crippen LogP) is 2.59. The van der Waals surface area contributed by atoms with Crippen LogP contribution < -0.4 is 5.32 Å². The number of alkyl carbamates (subject to hydrolysis) is 1. The molecule has 2 fully saturated rings. The van der Waals surface area contributed by atoms with Crippen LogP contribution in [0.2, 0.25) is 0 Å². The smallest absolute Gasteiger partial charge is 0.408 e. The van der Waals surface area contributed by atoms with Gasteiger partial charge < -0.3 is 20.1 Å². The van der Waals surface area contributed by atoms with Crippen molar-refractivity contribution in [2.75, 3.05) is 0 Å². The summed E-state index contributed by atoms with van der Waals surface area (Å²) in [6.45, 7) is 5.25. The molecule has 2 saturated heterocycles. The van der Waals surface area contributed by atoms with Crippen molar-refractivity contribution in [1.82, 2.24) is 10.2 Å². The van der Waals surface area contributed by atoms with E-state index in [1.54, 1.807) is 20.8 Å². The van der Waals surface area contributed by atoms with Crippen LogP contribution in [-0.2, 0) is 20.7 Å². The Bertz CT molecular complexity index is 743. The number of carbonyl (C=O) groups is 3. The Morgan fingerprint density at radius 1 is 1.21 bits per heavy atom. The van der Waals surface area contributed by atoms with Crippen LogP contribution in [0.15, 0.2) is 30.3 Å². The molecule has 2 N–H and O–H groups in total. The molecular weight excluding hydrogens is 360 g/mol. The van der Waals surface area contributed by atoms with E-state index in [4.69, 9.17) is 4.74 Å². The Kier molecular flexibility index (Phi) is 5.63. The molecule has 7 heteroatoms. The molecule has 2 amide bonds. The van der Waals surface area contributed by atoms with Gasteiger partial charge in [-0.25, -0.2) is 9.59 Å². The highest BCUT2D eigenvalue weighted by Gasteiger charge is 2.51. The molecular formula is C21H28N2O5. The number of rotatable bonds is 4. The normalized spacial score (nSPS) is 27.2. The minimum atomic E-state index is -0.994. The molecule has 0 aromatic heterocycles. The molecule has 4 atom stereocenters. The third-order valence-corrected chi connectivity index (χ3v) is 5.38. The summed E-state index contributed by atoms with van der Waals surface area (Å²) in [7, 11) is 0. The Hall–Kier alpha value is -2.57. The summed E-state index contributed by atoms with van der Waals surface area (Å²) in [5.74, 6) is -1.23. The topological polar surface area (TPSA) is 95.9 Å². The molecule has 1 aromatic rings. The standard InChI is InChI=1S/C21H28N2O5/c1-21(2,3)28-20(27)22-15-9-10-16-14(11-13-7-5-4-6-8-13)12-17(19(25)26)23(16)18(15)24/h4-8,14-17H,9-12H2,1-3H3,(H,22,27)(H,25,26)/t14?,15-,16?,17-/m0/s1. The molecule has 0 aliphatic carbocycles. The van der Waals surface area contributed by atoms with Crippen molar-refractivity contribution in [1.29, 1.82) is 0 Å². The summed E-state index contributed by atoms with van der Waals surface area (Å²) < 4.78 is 5.24. The van der Waals surface area contributed by atoms with Gasteiger partial charge in [0.15, 0.2) is 0 Å². The number of nitrogens with zero attached hydrogens (tertiary/aromatic N) is 1. The SMILES string of the molecule is CC(C)(C)OC(=O)N[C@H]1CCC2C(Cc3ccccc3)C[C@@H](C(=O)O)N2C1=O. The number of carbonyl (C=O) groups excluding carboxylic acids is 2. The lowest BCUT2D eigenvalue weighted by atomic mass is 9.86. The molecule has 0 bridgehead atoms. The second kappa shape index (κ2) is 7.81. The molecule has 28 heavy (non-hydrogen) atoms. The third kappa shape index (κ3) is 4.46. The zero-order valence-electron chi connectivity index (χ0n) is 16.6. The molecule has 2 heterocycles. The van der Waals surface area contributed by atoms with Gasteiger partial charge in [-0.2, -0.15) is 0 Å². The van der Waals surface area contributed by atoms with Crippen molar-refractivity contribution in [3.8, 4) is 0 Å². The molecule has 0 radical (unpaired) electrons. The molecule has 7 nitrogen and oxygen atoms in total. The van der Waals surface area contributed by atoms with Gasteiger partial charge in [-0.05, 0) is 57.9 Å². The van der Waals surface area contributed by atoms with Gasteiger partial charge in [0.1, 0.15) is 17.7 Å². The van der Waals surface area contributed by atoms with E-state index < -0.39 is 29.7 Å². The average Bonchev–Trinajstić information content (AvgIpc) is 2.96. The van der Waals surface area contributed by atoms with E-state index in [0.717, 1.165) is 12.0 Å². The lowest BCUT2D eigenvalue weighted by molar-refractivity contribution is -0.152. The highest BCUT2D eigenvalue weighted by molar-refractivity contribution is 5.90. The highest BCUT2D eigenvalue weighted by atomic mass is 16.6. The Labute approximate surface area is 165 Å². The van der Waals surface area contributed by atoms with E-state index in [-0.39, 0.29) is 17.9 Å². The third-order valence-electron chi connectivity index (χ3n) is 5.38. The largest absolute Gasteiger partial charge is 0.480 e. The second-order valence-corrected chi connectivity index (χ2v) is 8.63. The quantitative estimate of drug-likeness (QED) is 0.827. The van der Waals surface area contributed by atoms with E-state index >= 15 is 0 Å². The Morgan fingerprint density at radius 3 is 2.50 bits per heavy atom. The van der Waals surface area contributed by atoms with Crippen molar-refractivity contribution in [2.45, 2.75) is 70.2 Å². The highest BCUT2D eigenvalue weighted by Crippen LogP contribution is 2.38. The number of fused-ring (bicyclic) bond motifs is 1. The zero-order valence-corrected chi connectivity index (χ0v) is 16.6. The van der Waals surface area contributed by atoms with E-state index in [2.05, 4.69) is 5.32 Å². The second-order valence-electron chi connectivity index (χ2n) is 8.63. The first-order valence-electron chi connectivity index (χ1n) is 9.74. The van der Waals surface area contributed by atoms with Gasteiger partial charge in [0.05, 0.1) is 0 Å². The number of amides is 2. The fourth-order valence-corrected chi connectivity index (χ4v) is 4.29. The number of aliphatic carboxylic acids is 1. The molecule has 0 saturated carbocycles. The first kappa shape index (κ1) is 20.2. The summed E-state index contributed by atoms with van der Waals surface area (Å²) in [5, 5.41) is 12.3. The van der Waals surface area contributed by atoms with Crippen LogP contribution >= 0.6 is 0 Å². The molecule has 3 rings (SSSR count). The summed E-state index contributed by atoms with van der Waals surface area (Å²) >= 11 is 0. The lowest BCUT2D eigenvalue weighted by Gasteiger charge is -2.38. The lowest BCUT2D eigenvalue weighted by Crippen LogP contribution is -2.58. The van der Waals surface area contributed by atoms with Gasteiger partial charge in [0.25, 0.3) is 0 Å². The van der Waals surface area contributed by atoms with Crippen LogP contribution in [0.25, 0.3) is 0 Å². The fourth-order valence-electron chi connectivity index (χ4n) is 4.29. The van der Waals surface area contributed by atoms with Crippen molar-refractivity contribution >= 4 is 18.0 Å². The summed E-state index contributed by atoms with van der Waals surface area (Å²) in [5.41, 5.74) is 0.475. The van der Waals surface area contributed by atoms with Crippen LogP contribution in [-0.4, -0.2) is 51.7 Å². The van der Waals surface area contributed by atoms with Crippen LogP contribution in [0.3, 0.4) is 0 Å². The Morgan fingerprint density at radius 2 is 1.89 bits per heavy atom. The van der Waals surface area contributed by atoms with Gasteiger partial charge in [0, 0.05) is 6.04 Å². The molecule has 0 spiro atoms. The number of carboxylic acid groups (broad SMARTS) is 1. The zero-order chi connectivity index (χ0) is 20.5. The maximum atomic E-state index is 13.0. The van der Waals surface area contributed by atoms with Crippen LogP contribution in [0.5, 0.6) is 0 Å². The molecule has 2 unspecified atom stereocenters. The van der Waals surface area contributed by atoms with Crippen molar-refractivity contribution < 1.29 is 24.2 Å². The maximum absolute atomic E-state index is 13.0. The van der Waals surface area contributed by atoms with Gasteiger partial charge in [-0.3, -0.25) is 4.79 Å². The minimum absolute atomic E-state index is 0.0925. The van der Waals surface area contributed by atoms with E-state index in [1.165, 1.54) is 4.90 Å². The number of nitrogens with one attached hydrogen (secondary N) is 1. The fraction of sp³-hybridized carbons (Fsp3) is 0.571. The number of carboxylic acids is 1. The van der Waals surface area contributed by atoms with Gasteiger partial charge >= 0.3 is 12.1 Å². The number of hydrogen-bond acceptors (Lipinski definition) is 4. The number of piperidine rings is 1. The summed E-state index contributed by atoms with van der Waals surface area (Å²) in [6, 6.07) is 8.20. The summed E-state index contributed by atoms with van der Waals surface area (Å²) in [6.07, 6.45) is 1.66. The van der Waals surface area contributed by atoms with Crippen molar-refractivity contribution in [2.24, 2.45) is 5.92 Å². The molecule has 1 aromatic carbocycles. The van der Waals surface area contributed by atoms with Crippen LogP contribution in [0.4, 0.5) is 4.79 Å². The first-order valence-corrected chi connectivity index (χ1v) is 9.74. The number of hydrogen-bond donors (Lipinski definition) is 2. The monoisotopic (exact) mass is 388 g/mol. The van der Waals surface area contributed by atoms with E-state index in [1.807, 2.05) is 30.3 Å². The molecule has 2 aliphatic rings. The van der Waals surface area contributed by atoms with Crippen LogP contribution in [0, 0.1) is 5.92 Å². The van der Waals surface area contributed by atoms with Crippen molar-refractivity contribution in [3.05, 3.63) is 35.9 Å². The number of benzene rings is 1. The van der Waals surface area contributed by atoms with E-state index in [0.29, 0.717) is 19.3 Å². The van der Waals surface area contributed by atoms with Gasteiger partial charge in [-0.15, -0.1) is 0 Å². The van der Waals surface area contributed by atoms with Gasteiger partial charge in [0.2, 0.25) is 5.91 Å². The van der Waals surface area contributed by atoms with Crippen LogP contribution in [0.1, 0.15) is 45.6 Å². The van der Waals surface area contributed by atoms with Crippen molar-refractivity contribution in [3.63, 3.8) is 0 Å². The molecule has 152 valence electrons. The Balaban J connectivity index is 1.73. The first-order chi connectivity index (χ1) is 13.2. The number of ether oxygens (including phenoxy) is 1. The summed E-state index contributed by atoms with van der Waals surface area (Å²) in [4.78, 5) is 38.4. The average molecular weight is 388 g/mol. The minimum Gasteiger partial charge on any atom is -0.480 e. The van der Waals surface area contributed by atoms with E-state index in [9.17, 15) is 19.5 Å². The molecule has 2 aliphatic heterocycles. The predicted molar refractivity (Wildman–Crippen MR) is 103 cm³/mol.